The van der Waals surface area contributed by atoms with Crippen LogP contribution in [0.3, 0.4) is 0 Å². The Kier molecular flexibility index (Phi) is 3.41. The van der Waals surface area contributed by atoms with Gasteiger partial charge in [-0.3, -0.25) is 4.68 Å². The van der Waals surface area contributed by atoms with Crippen LogP contribution in [-0.2, 0) is 13.5 Å². The van der Waals surface area contributed by atoms with E-state index in [2.05, 4.69) is 35.1 Å². The second-order valence-electron chi connectivity index (χ2n) is 4.46. The van der Waals surface area contributed by atoms with Crippen LogP contribution in [0.5, 0.6) is 0 Å². The van der Waals surface area contributed by atoms with Gasteiger partial charge < -0.3 is 5.32 Å². The molecule has 0 radical (unpaired) electrons. The van der Waals surface area contributed by atoms with E-state index in [0.29, 0.717) is 5.92 Å². The predicted molar refractivity (Wildman–Crippen MR) is 62.0 cm³/mol. The number of aryl methyl sites for hydroxylation is 2. The Hall–Kier alpha value is -0.830. The van der Waals surface area contributed by atoms with Crippen molar-refractivity contribution in [3.8, 4) is 0 Å². The van der Waals surface area contributed by atoms with Gasteiger partial charge in [0.1, 0.15) is 0 Å². The molecule has 1 aromatic heterocycles. The maximum atomic E-state index is 4.57. The minimum atomic E-state index is 0.717. The molecule has 15 heavy (non-hydrogen) atoms. The molecule has 2 heterocycles. The highest BCUT2D eigenvalue weighted by Gasteiger charge is 2.18. The zero-order chi connectivity index (χ0) is 10.7. The van der Waals surface area contributed by atoms with Crippen molar-refractivity contribution in [1.29, 1.82) is 0 Å². The van der Waals surface area contributed by atoms with Crippen LogP contribution in [0.4, 0.5) is 0 Å². The van der Waals surface area contributed by atoms with Gasteiger partial charge in [0.25, 0.3) is 0 Å². The van der Waals surface area contributed by atoms with Crippen molar-refractivity contribution in [3.63, 3.8) is 0 Å². The van der Waals surface area contributed by atoms with Crippen LogP contribution in [0.1, 0.15) is 43.5 Å². The molecule has 0 amide bonds. The molecule has 1 fully saturated rings. The Morgan fingerprint density at radius 1 is 1.47 bits per heavy atom. The van der Waals surface area contributed by atoms with Crippen molar-refractivity contribution >= 4 is 0 Å². The van der Waals surface area contributed by atoms with Gasteiger partial charge in [0.15, 0.2) is 0 Å². The van der Waals surface area contributed by atoms with E-state index in [-0.39, 0.29) is 0 Å². The van der Waals surface area contributed by atoms with E-state index in [0.717, 1.165) is 19.5 Å². The molecule has 3 nitrogen and oxygen atoms in total. The first-order valence-electron chi connectivity index (χ1n) is 6.04. The van der Waals surface area contributed by atoms with Gasteiger partial charge in [0.05, 0.1) is 5.69 Å². The lowest BCUT2D eigenvalue weighted by molar-refractivity contribution is 0.440. The summed E-state index contributed by atoms with van der Waals surface area (Å²) in [6, 6.07) is 2.31. The zero-order valence-corrected chi connectivity index (χ0v) is 9.79. The average molecular weight is 207 g/mol. The second kappa shape index (κ2) is 4.79. The van der Waals surface area contributed by atoms with Crippen LogP contribution in [0, 0.1) is 0 Å². The van der Waals surface area contributed by atoms with Gasteiger partial charge in [0.2, 0.25) is 0 Å². The minimum Gasteiger partial charge on any atom is -0.317 e. The molecule has 1 N–H and O–H groups in total. The Labute approximate surface area is 91.9 Å². The third-order valence-electron chi connectivity index (χ3n) is 3.23. The number of rotatable bonds is 3. The van der Waals surface area contributed by atoms with E-state index in [4.69, 9.17) is 0 Å². The van der Waals surface area contributed by atoms with Crippen LogP contribution in [0.2, 0.25) is 0 Å². The van der Waals surface area contributed by atoms with Gasteiger partial charge in [-0.1, -0.05) is 13.3 Å². The number of hydrogen-bond acceptors (Lipinski definition) is 2. The Morgan fingerprint density at radius 2 is 2.20 bits per heavy atom. The van der Waals surface area contributed by atoms with Crippen LogP contribution in [-0.4, -0.2) is 22.9 Å². The Morgan fingerprint density at radius 3 is 2.87 bits per heavy atom. The van der Waals surface area contributed by atoms with Crippen LogP contribution in [0.25, 0.3) is 0 Å². The lowest BCUT2D eigenvalue weighted by Gasteiger charge is -2.22. The number of aromatic nitrogens is 2. The van der Waals surface area contributed by atoms with Gasteiger partial charge in [-0.15, -0.1) is 0 Å². The standard InChI is InChI=1S/C12H21N3/c1-3-4-11-9-12(15(2)14-11)10-5-7-13-8-6-10/h9-10,13H,3-8H2,1-2H3. The maximum absolute atomic E-state index is 4.57. The fourth-order valence-corrected chi connectivity index (χ4v) is 2.42. The second-order valence-corrected chi connectivity index (χ2v) is 4.46. The van der Waals surface area contributed by atoms with Crippen LogP contribution in [0.15, 0.2) is 6.07 Å². The smallest absolute Gasteiger partial charge is 0.0627 e. The molecule has 0 unspecified atom stereocenters. The third kappa shape index (κ3) is 2.40. The van der Waals surface area contributed by atoms with Crippen molar-refractivity contribution in [2.75, 3.05) is 13.1 Å². The van der Waals surface area contributed by atoms with E-state index < -0.39 is 0 Å². The van der Waals surface area contributed by atoms with E-state index in [9.17, 15) is 0 Å². The number of piperidine rings is 1. The highest BCUT2D eigenvalue weighted by atomic mass is 15.3. The van der Waals surface area contributed by atoms with Crippen LogP contribution < -0.4 is 5.32 Å². The number of nitrogens with one attached hydrogen (secondary N) is 1. The topological polar surface area (TPSA) is 29.9 Å². The van der Waals surface area contributed by atoms with Gasteiger partial charge in [-0.2, -0.15) is 5.10 Å². The van der Waals surface area contributed by atoms with Crippen LogP contribution >= 0.6 is 0 Å². The van der Waals surface area contributed by atoms with Crippen molar-refractivity contribution in [3.05, 3.63) is 17.5 Å². The summed E-state index contributed by atoms with van der Waals surface area (Å²) in [6.07, 6.45) is 4.80. The van der Waals surface area contributed by atoms with E-state index >= 15 is 0 Å². The van der Waals surface area contributed by atoms with E-state index in [1.165, 1.54) is 30.7 Å². The third-order valence-corrected chi connectivity index (χ3v) is 3.23. The number of hydrogen-bond donors (Lipinski definition) is 1. The van der Waals surface area contributed by atoms with Crippen molar-refractivity contribution in [2.45, 2.75) is 38.5 Å². The molecule has 0 atom stereocenters. The highest BCUT2D eigenvalue weighted by molar-refractivity contribution is 5.15. The normalized spacial score (nSPS) is 18.3. The summed E-state index contributed by atoms with van der Waals surface area (Å²) in [5, 5.41) is 7.98. The Balaban J connectivity index is 2.11. The molecule has 1 saturated heterocycles. The molecule has 0 aromatic carbocycles. The maximum Gasteiger partial charge on any atom is 0.0627 e. The first kappa shape index (κ1) is 10.7. The zero-order valence-electron chi connectivity index (χ0n) is 9.79. The molecular weight excluding hydrogens is 186 g/mol. The van der Waals surface area contributed by atoms with Gasteiger partial charge in [0, 0.05) is 18.7 Å². The van der Waals surface area contributed by atoms with Crippen molar-refractivity contribution in [1.82, 2.24) is 15.1 Å². The van der Waals surface area contributed by atoms with Gasteiger partial charge in [-0.25, -0.2) is 0 Å². The summed E-state index contributed by atoms with van der Waals surface area (Å²) in [6.45, 7) is 4.51. The molecule has 0 saturated carbocycles. The predicted octanol–water partition coefficient (Wildman–Crippen LogP) is 1.84. The average Bonchev–Trinajstić information content (AvgIpc) is 2.61. The first-order chi connectivity index (χ1) is 7.31. The van der Waals surface area contributed by atoms with E-state index in [1.807, 2.05) is 0 Å². The highest BCUT2D eigenvalue weighted by Crippen LogP contribution is 2.25. The van der Waals surface area contributed by atoms with Gasteiger partial charge >= 0.3 is 0 Å². The largest absolute Gasteiger partial charge is 0.317 e. The number of nitrogens with zero attached hydrogens (tertiary/aromatic N) is 2. The molecule has 0 bridgehead atoms. The fourth-order valence-electron chi connectivity index (χ4n) is 2.42. The fraction of sp³-hybridized carbons (Fsp3) is 0.750. The molecule has 2 rings (SSSR count). The molecular formula is C12H21N3. The SMILES string of the molecule is CCCc1cc(C2CCNCC2)n(C)n1. The molecule has 84 valence electrons. The molecule has 1 aliphatic heterocycles. The summed E-state index contributed by atoms with van der Waals surface area (Å²) >= 11 is 0. The molecule has 3 heteroatoms. The van der Waals surface area contributed by atoms with Crippen molar-refractivity contribution in [2.24, 2.45) is 7.05 Å². The van der Waals surface area contributed by atoms with Gasteiger partial charge in [-0.05, 0) is 38.4 Å². The summed E-state index contributed by atoms with van der Waals surface area (Å²) in [5.74, 6) is 0.717. The molecule has 0 spiro atoms. The van der Waals surface area contributed by atoms with E-state index in [1.54, 1.807) is 0 Å². The monoisotopic (exact) mass is 207 g/mol. The minimum absolute atomic E-state index is 0.717. The Bertz CT molecular complexity index is 311. The lowest BCUT2D eigenvalue weighted by Crippen LogP contribution is -2.27. The summed E-state index contributed by atoms with van der Waals surface area (Å²) in [4.78, 5) is 0. The summed E-state index contributed by atoms with van der Waals surface area (Å²) in [7, 11) is 2.08. The molecule has 1 aliphatic rings. The first-order valence-corrected chi connectivity index (χ1v) is 6.04. The quantitative estimate of drug-likeness (QED) is 0.819. The molecule has 0 aliphatic carbocycles. The van der Waals surface area contributed by atoms with Crippen molar-refractivity contribution < 1.29 is 0 Å². The lowest BCUT2D eigenvalue weighted by atomic mass is 9.94. The summed E-state index contributed by atoms with van der Waals surface area (Å²) in [5.41, 5.74) is 2.69. The molecule has 1 aromatic rings. The summed E-state index contributed by atoms with van der Waals surface area (Å²) < 4.78 is 2.08.